The minimum absolute atomic E-state index is 0.131. The minimum atomic E-state index is -0.892. The highest BCUT2D eigenvalue weighted by Crippen LogP contribution is 2.16. The molecule has 2 rings (SSSR count). The maximum atomic E-state index is 13.0. The number of nitrogens with zero attached hydrogens (tertiary/aromatic N) is 2. The van der Waals surface area contributed by atoms with Crippen LogP contribution >= 0.6 is 0 Å². The molecule has 1 heterocycles. The highest BCUT2D eigenvalue weighted by Gasteiger charge is 2.26. The van der Waals surface area contributed by atoms with Crippen molar-refractivity contribution in [1.82, 2.24) is 4.90 Å². The third-order valence-electron chi connectivity index (χ3n) is 2.90. The lowest BCUT2D eigenvalue weighted by atomic mass is 10.1. The zero-order valence-corrected chi connectivity index (χ0v) is 9.40. The monoisotopic (exact) mass is 232 g/mol. The zero-order valence-electron chi connectivity index (χ0n) is 9.40. The Morgan fingerprint density at radius 3 is 2.71 bits per heavy atom. The van der Waals surface area contributed by atoms with Gasteiger partial charge in [0.15, 0.2) is 0 Å². The molecule has 1 fully saturated rings. The van der Waals surface area contributed by atoms with Crippen LogP contribution in [-0.4, -0.2) is 30.1 Å². The second-order valence-electron chi connectivity index (χ2n) is 4.17. The fourth-order valence-corrected chi connectivity index (χ4v) is 1.94. The minimum Gasteiger partial charge on any atom is -0.336 e. The first-order valence-electron chi connectivity index (χ1n) is 5.60. The van der Waals surface area contributed by atoms with Gasteiger partial charge in [-0.2, -0.15) is 5.26 Å². The van der Waals surface area contributed by atoms with E-state index in [0.29, 0.717) is 24.9 Å². The summed E-state index contributed by atoms with van der Waals surface area (Å²) in [5.74, 6) is -0.131. The Balaban J connectivity index is 2.07. The van der Waals surface area contributed by atoms with Gasteiger partial charge in [-0.05, 0) is 24.1 Å². The highest BCUT2D eigenvalue weighted by molar-refractivity contribution is 5.94. The largest absolute Gasteiger partial charge is 0.336 e. The van der Waals surface area contributed by atoms with Gasteiger partial charge in [0.25, 0.3) is 5.91 Å². The van der Waals surface area contributed by atoms with Gasteiger partial charge in [0.05, 0.1) is 19.0 Å². The number of hydrogen-bond acceptors (Lipinski definition) is 2. The van der Waals surface area contributed by atoms with Crippen LogP contribution in [0.1, 0.15) is 22.3 Å². The van der Waals surface area contributed by atoms with Gasteiger partial charge >= 0.3 is 0 Å². The topological polar surface area (TPSA) is 44.1 Å². The molecular weight excluding hydrogens is 219 g/mol. The van der Waals surface area contributed by atoms with E-state index in [-0.39, 0.29) is 12.5 Å². The fourth-order valence-electron chi connectivity index (χ4n) is 1.94. The van der Waals surface area contributed by atoms with E-state index in [1.807, 2.05) is 6.07 Å². The van der Waals surface area contributed by atoms with Gasteiger partial charge in [-0.15, -0.1) is 0 Å². The Labute approximate surface area is 99.5 Å². The molecule has 1 unspecified atom stereocenters. The molecule has 1 saturated heterocycles. The summed E-state index contributed by atoms with van der Waals surface area (Å²) in [5.41, 5.74) is 1.44. The van der Waals surface area contributed by atoms with E-state index in [9.17, 15) is 9.18 Å². The second-order valence-corrected chi connectivity index (χ2v) is 4.17. The van der Waals surface area contributed by atoms with Crippen molar-refractivity contribution in [2.45, 2.75) is 19.0 Å². The van der Waals surface area contributed by atoms with Crippen molar-refractivity contribution in [2.75, 3.05) is 13.1 Å². The number of carbonyl (C=O) groups excluding carboxylic acids is 1. The Kier molecular flexibility index (Phi) is 3.38. The molecule has 17 heavy (non-hydrogen) atoms. The first kappa shape index (κ1) is 11.6. The van der Waals surface area contributed by atoms with Crippen LogP contribution in [0.25, 0.3) is 0 Å². The second kappa shape index (κ2) is 4.96. The van der Waals surface area contributed by atoms with Crippen molar-refractivity contribution in [3.63, 3.8) is 0 Å². The molecule has 0 spiro atoms. The van der Waals surface area contributed by atoms with Crippen molar-refractivity contribution in [1.29, 1.82) is 5.26 Å². The summed E-state index contributed by atoms with van der Waals surface area (Å²) in [7, 11) is 0. The Hall–Kier alpha value is -1.89. The summed E-state index contributed by atoms with van der Waals surface area (Å²) in [6.45, 7) is 0.679. The van der Waals surface area contributed by atoms with Gasteiger partial charge in [0, 0.05) is 12.1 Å². The molecule has 0 N–H and O–H groups in total. The molecule has 4 heteroatoms. The summed E-state index contributed by atoms with van der Waals surface area (Å²) < 4.78 is 13.0. The molecular formula is C13H13FN2O. The van der Waals surface area contributed by atoms with E-state index in [1.165, 1.54) is 4.90 Å². The maximum Gasteiger partial charge on any atom is 0.253 e. The number of amides is 1. The van der Waals surface area contributed by atoms with Gasteiger partial charge < -0.3 is 4.90 Å². The Bertz CT molecular complexity index is 449. The Morgan fingerprint density at radius 2 is 2.18 bits per heavy atom. The molecule has 1 aromatic rings. The van der Waals surface area contributed by atoms with Crippen LogP contribution in [0.15, 0.2) is 24.3 Å². The predicted molar refractivity (Wildman–Crippen MR) is 61.2 cm³/mol. The molecule has 1 aromatic carbocycles. The molecule has 0 bridgehead atoms. The summed E-state index contributed by atoms with van der Waals surface area (Å²) in [6.07, 6.45) is -0.125. The standard InChI is InChI=1S/C13H13FN2O/c14-12-6-8-16(9-12)13(17)11-3-1-10(2-4-11)5-7-15/h1-4,12H,5-6,8-9H2. The average molecular weight is 232 g/mol. The lowest BCUT2D eigenvalue weighted by Crippen LogP contribution is -2.28. The van der Waals surface area contributed by atoms with E-state index in [2.05, 4.69) is 0 Å². The van der Waals surface area contributed by atoms with Crippen LogP contribution in [-0.2, 0) is 6.42 Å². The van der Waals surface area contributed by atoms with E-state index < -0.39 is 6.17 Å². The quantitative estimate of drug-likeness (QED) is 0.782. The smallest absolute Gasteiger partial charge is 0.253 e. The van der Waals surface area contributed by atoms with E-state index >= 15 is 0 Å². The number of nitriles is 1. The molecule has 1 aliphatic rings. The van der Waals surface area contributed by atoms with E-state index in [1.54, 1.807) is 24.3 Å². The molecule has 0 aromatic heterocycles. The van der Waals surface area contributed by atoms with E-state index in [0.717, 1.165) is 5.56 Å². The summed E-state index contributed by atoms with van der Waals surface area (Å²) in [6, 6.07) is 8.97. The van der Waals surface area contributed by atoms with Gasteiger partial charge in [-0.25, -0.2) is 4.39 Å². The maximum absolute atomic E-state index is 13.0. The lowest BCUT2D eigenvalue weighted by Gasteiger charge is -2.15. The first-order chi connectivity index (χ1) is 8.20. The van der Waals surface area contributed by atoms with Crippen molar-refractivity contribution in [2.24, 2.45) is 0 Å². The zero-order chi connectivity index (χ0) is 12.3. The average Bonchev–Trinajstić information content (AvgIpc) is 2.76. The number of hydrogen-bond donors (Lipinski definition) is 0. The predicted octanol–water partition coefficient (Wildman–Crippen LogP) is 1.94. The summed E-state index contributed by atoms with van der Waals surface area (Å²) in [4.78, 5) is 13.5. The number of alkyl halides is 1. The van der Waals surface area contributed by atoms with E-state index in [4.69, 9.17) is 5.26 Å². The third kappa shape index (κ3) is 2.62. The summed E-state index contributed by atoms with van der Waals surface area (Å²) >= 11 is 0. The van der Waals surface area contributed by atoms with Gasteiger partial charge in [0.1, 0.15) is 6.17 Å². The Morgan fingerprint density at radius 1 is 1.47 bits per heavy atom. The molecule has 0 radical (unpaired) electrons. The SMILES string of the molecule is N#CCc1ccc(C(=O)N2CCC(F)C2)cc1. The van der Waals surface area contributed by atoms with Crippen LogP contribution in [0, 0.1) is 11.3 Å². The normalized spacial score (nSPS) is 19.1. The lowest BCUT2D eigenvalue weighted by molar-refractivity contribution is 0.0783. The van der Waals surface area contributed by atoms with Crippen LogP contribution in [0.2, 0.25) is 0 Å². The molecule has 1 amide bonds. The molecule has 0 saturated carbocycles. The van der Waals surface area contributed by atoms with Gasteiger partial charge in [0.2, 0.25) is 0 Å². The number of carbonyl (C=O) groups is 1. The fraction of sp³-hybridized carbons (Fsp3) is 0.385. The van der Waals surface area contributed by atoms with Gasteiger partial charge in [-0.3, -0.25) is 4.79 Å². The van der Waals surface area contributed by atoms with Crippen LogP contribution in [0.4, 0.5) is 4.39 Å². The number of rotatable bonds is 2. The van der Waals surface area contributed by atoms with Crippen LogP contribution < -0.4 is 0 Å². The summed E-state index contributed by atoms with van der Waals surface area (Å²) in [5, 5.41) is 8.53. The first-order valence-corrected chi connectivity index (χ1v) is 5.60. The van der Waals surface area contributed by atoms with Gasteiger partial charge in [-0.1, -0.05) is 12.1 Å². The molecule has 88 valence electrons. The highest BCUT2D eigenvalue weighted by atomic mass is 19.1. The van der Waals surface area contributed by atoms with Crippen molar-refractivity contribution >= 4 is 5.91 Å². The number of likely N-dealkylation sites (tertiary alicyclic amines) is 1. The molecule has 1 aliphatic heterocycles. The number of benzene rings is 1. The molecule has 0 aliphatic carbocycles. The molecule has 1 atom stereocenters. The number of halogens is 1. The van der Waals surface area contributed by atoms with Crippen molar-refractivity contribution in [3.05, 3.63) is 35.4 Å². The van der Waals surface area contributed by atoms with Crippen LogP contribution in [0.5, 0.6) is 0 Å². The van der Waals surface area contributed by atoms with Crippen LogP contribution in [0.3, 0.4) is 0 Å². The third-order valence-corrected chi connectivity index (χ3v) is 2.90. The van der Waals surface area contributed by atoms with Crippen molar-refractivity contribution in [3.8, 4) is 6.07 Å². The van der Waals surface area contributed by atoms with Crippen molar-refractivity contribution < 1.29 is 9.18 Å². The molecule has 3 nitrogen and oxygen atoms in total.